The maximum absolute atomic E-state index is 2.31. The summed E-state index contributed by atoms with van der Waals surface area (Å²) in [7, 11) is 0. The molecule has 1 aromatic carbocycles. The Balaban J connectivity index is 0.000000191. The number of hydrogen-bond acceptors (Lipinski definition) is 0. The fourth-order valence-corrected chi connectivity index (χ4v) is 2.01. The van der Waals surface area contributed by atoms with Crippen LogP contribution in [-0.4, -0.2) is 0 Å². The Morgan fingerprint density at radius 2 is 1.68 bits per heavy atom. The molecule has 104 valence electrons. The second-order valence-electron chi connectivity index (χ2n) is 5.93. The number of hydrogen-bond donors (Lipinski definition) is 0. The Kier molecular flexibility index (Phi) is 6.62. The summed E-state index contributed by atoms with van der Waals surface area (Å²) in [6, 6.07) is 8.71. The normalized spacial score (nSPS) is 18.4. The van der Waals surface area contributed by atoms with E-state index in [0.29, 0.717) is 5.92 Å². The first kappa shape index (κ1) is 15.8. The van der Waals surface area contributed by atoms with Gasteiger partial charge in [0, 0.05) is 0 Å². The van der Waals surface area contributed by atoms with Crippen LogP contribution in [0.15, 0.2) is 48.1 Å². The first-order valence-corrected chi connectivity index (χ1v) is 7.40. The van der Waals surface area contributed by atoms with E-state index in [1.807, 2.05) is 0 Å². The molecule has 0 nitrogen and oxygen atoms in total. The molecule has 0 heterocycles. The second kappa shape index (κ2) is 7.99. The largest absolute Gasteiger partial charge is 0.0816 e. The van der Waals surface area contributed by atoms with Crippen molar-refractivity contribution < 1.29 is 0 Å². The van der Waals surface area contributed by atoms with Gasteiger partial charge in [-0.1, -0.05) is 74.4 Å². The molecule has 0 fully saturated rings. The molecule has 1 aliphatic carbocycles. The lowest BCUT2D eigenvalue weighted by molar-refractivity contribution is 0.662. The zero-order valence-electron chi connectivity index (χ0n) is 13.1. The summed E-state index contributed by atoms with van der Waals surface area (Å²) < 4.78 is 0. The van der Waals surface area contributed by atoms with Gasteiger partial charge < -0.3 is 0 Å². The van der Waals surface area contributed by atoms with Gasteiger partial charge in [-0.3, -0.25) is 0 Å². The van der Waals surface area contributed by atoms with Crippen LogP contribution >= 0.6 is 0 Å². The van der Waals surface area contributed by atoms with E-state index >= 15 is 0 Å². The molecule has 0 radical (unpaired) electrons. The van der Waals surface area contributed by atoms with Gasteiger partial charge in [0.2, 0.25) is 0 Å². The van der Waals surface area contributed by atoms with Crippen LogP contribution in [0.3, 0.4) is 0 Å². The van der Waals surface area contributed by atoms with Crippen molar-refractivity contribution in [2.24, 2.45) is 5.92 Å². The Bertz CT molecular complexity index is 418. The van der Waals surface area contributed by atoms with Crippen molar-refractivity contribution in [3.8, 4) is 0 Å². The van der Waals surface area contributed by atoms with E-state index in [-0.39, 0.29) is 0 Å². The van der Waals surface area contributed by atoms with Crippen LogP contribution in [-0.2, 0) is 0 Å². The van der Waals surface area contributed by atoms with Crippen LogP contribution < -0.4 is 0 Å². The average Bonchev–Trinajstić information content (AvgIpc) is 2.55. The molecule has 1 aromatic rings. The number of aryl methyl sites for hydroxylation is 1. The van der Waals surface area contributed by atoms with Crippen LogP contribution in [0.4, 0.5) is 0 Å². The monoisotopic (exact) mass is 256 g/mol. The zero-order valence-corrected chi connectivity index (χ0v) is 13.1. The van der Waals surface area contributed by atoms with Crippen molar-refractivity contribution in [2.45, 2.75) is 53.4 Å². The Morgan fingerprint density at radius 3 is 2.26 bits per heavy atom. The van der Waals surface area contributed by atoms with Crippen LogP contribution in [0.5, 0.6) is 0 Å². The van der Waals surface area contributed by atoms with E-state index in [1.165, 1.54) is 29.5 Å². The summed E-state index contributed by atoms with van der Waals surface area (Å²) in [5, 5.41) is 0. The van der Waals surface area contributed by atoms with E-state index in [0.717, 1.165) is 5.92 Å². The summed E-state index contributed by atoms with van der Waals surface area (Å²) in [5.41, 5.74) is 4.18. The van der Waals surface area contributed by atoms with E-state index in [1.54, 1.807) is 0 Å². The van der Waals surface area contributed by atoms with E-state index in [9.17, 15) is 0 Å². The molecule has 2 rings (SSSR count). The average molecular weight is 256 g/mol. The van der Waals surface area contributed by atoms with Crippen molar-refractivity contribution in [2.75, 3.05) is 0 Å². The molecular weight excluding hydrogens is 228 g/mol. The van der Waals surface area contributed by atoms with Crippen molar-refractivity contribution in [1.82, 2.24) is 0 Å². The number of allylic oxidation sites excluding steroid dienone is 4. The lowest BCUT2D eigenvalue weighted by Gasteiger charge is -2.03. The third-order valence-electron chi connectivity index (χ3n) is 3.52. The Morgan fingerprint density at radius 1 is 1.05 bits per heavy atom. The number of rotatable bonds is 1. The minimum atomic E-state index is 0.653. The summed E-state index contributed by atoms with van der Waals surface area (Å²) >= 11 is 0. The Labute approximate surface area is 119 Å². The lowest BCUT2D eigenvalue weighted by atomic mass is 10.0. The summed E-state index contributed by atoms with van der Waals surface area (Å²) in [5.74, 6) is 1.43. The van der Waals surface area contributed by atoms with Gasteiger partial charge in [0.05, 0.1) is 0 Å². The van der Waals surface area contributed by atoms with Crippen molar-refractivity contribution >= 4 is 0 Å². The Hall–Kier alpha value is -1.30. The summed E-state index contributed by atoms with van der Waals surface area (Å²) in [6.45, 7) is 11.0. The van der Waals surface area contributed by atoms with Crippen molar-refractivity contribution in [1.29, 1.82) is 0 Å². The zero-order chi connectivity index (χ0) is 14.3. The van der Waals surface area contributed by atoms with Crippen LogP contribution in [0.1, 0.15) is 57.6 Å². The predicted octanol–water partition coefficient (Wildman–Crippen LogP) is 6.04. The molecular formula is C19H28. The maximum Gasteiger partial charge on any atom is -0.0219 e. The van der Waals surface area contributed by atoms with Crippen LogP contribution in [0.25, 0.3) is 0 Å². The molecule has 0 saturated carbocycles. The van der Waals surface area contributed by atoms with Gasteiger partial charge in [-0.15, -0.1) is 0 Å². The molecule has 0 saturated heterocycles. The fraction of sp³-hybridized carbons (Fsp3) is 0.474. The molecule has 0 aliphatic heterocycles. The highest BCUT2D eigenvalue weighted by Crippen LogP contribution is 2.15. The van der Waals surface area contributed by atoms with E-state index < -0.39 is 0 Å². The lowest BCUT2D eigenvalue weighted by Crippen LogP contribution is -1.85. The smallest absolute Gasteiger partial charge is 0.0219 e. The first-order chi connectivity index (χ1) is 8.99. The minimum absolute atomic E-state index is 0.653. The minimum Gasteiger partial charge on any atom is -0.0816 e. The highest BCUT2D eigenvalue weighted by atomic mass is 14.0. The quantitative estimate of drug-likeness (QED) is 0.575. The van der Waals surface area contributed by atoms with Gasteiger partial charge in [0.25, 0.3) is 0 Å². The van der Waals surface area contributed by atoms with Gasteiger partial charge in [-0.2, -0.15) is 0 Å². The molecule has 0 spiro atoms. The van der Waals surface area contributed by atoms with E-state index in [4.69, 9.17) is 0 Å². The van der Waals surface area contributed by atoms with Gasteiger partial charge in [-0.25, -0.2) is 0 Å². The summed E-state index contributed by atoms with van der Waals surface area (Å²) in [4.78, 5) is 0. The fourth-order valence-electron chi connectivity index (χ4n) is 2.01. The highest BCUT2D eigenvalue weighted by Gasteiger charge is 1.98. The van der Waals surface area contributed by atoms with Gasteiger partial charge in [-0.05, 0) is 44.1 Å². The third kappa shape index (κ3) is 6.42. The topological polar surface area (TPSA) is 0 Å². The molecule has 0 N–H and O–H groups in total. The van der Waals surface area contributed by atoms with E-state index in [2.05, 4.69) is 77.1 Å². The molecule has 19 heavy (non-hydrogen) atoms. The second-order valence-corrected chi connectivity index (χ2v) is 5.93. The molecule has 0 bridgehead atoms. The molecule has 1 atom stereocenters. The van der Waals surface area contributed by atoms with Crippen molar-refractivity contribution in [3.63, 3.8) is 0 Å². The maximum atomic E-state index is 2.31. The first-order valence-electron chi connectivity index (χ1n) is 7.40. The third-order valence-corrected chi connectivity index (χ3v) is 3.52. The van der Waals surface area contributed by atoms with Crippen LogP contribution in [0.2, 0.25) is 0 Å². The molecule has 0 heteroatoms. The van der Waals surface area contributed by atoms with Gasteiger partial charge >= 0.3 is 0 Å². The van der Waals surface area contributed by atoms with Crippen molar-refractivity contribution in [3.05, 3.63) is 59.2 Å². The highest BCUT2D eigenvalue weighted by molar-refractivity contribution is 5.23. The molecule has 0 amide bonds. The molecule has 0 aromatic heterocycles. The molecule has 1 aliphatic rings. The van der Waals surface area contributed by atoms with Gasteiger partial charge in [0.1, 0.15) is 0 Å². The van der Waals surface area contributed by atoms with Gasteiger partial charge in [0.15, 0.2) is 0 Å². The molecule has 1 unspecified atom stereocenters. The predicted molar refractivity (Wildman–Crippen MR) is 86.6 cm³/mol. The summed E-state index contributed by atoms with van der Waals surface area (Å²) in [6.07, 6.45) is 9.38. The van der Waals surface area contributed by atoms with Crippen LogP contribution in [0, 0.1) is 12.8 Å². The number of benzene rings is 1. The SMILES string of the molecule is CC1=CCCC(C)C=C1.Cc1ccc(C(C)C)cc1. The standard InChI is InChI=1S/C10H14.C9H14/c1-8(2)10-6-4-9(3)5-7-10;1-8-4-3-5-9(2)7-6-8/h4-8H,1-3H3;4,6-7,9H,3,5H2,1-2H3.